The molecule has 0 aliphatic heterocycles. The molecule has 1 heterocycles. The van der Waals surface area contributed by atoms with E-state index in [1.54, 1.807) is 0 Å². The molecule has 106 valence electrons. The maximum atomic E-state index is 11.9. The van der Waals surface area contributed by atoms with E-state index in [-0.39, 0.29) is 5.91 Å². The van der Waals surface area contributed by atoms with E-state index in [4.69, 9.17) is 0 Å². The van der Waals surface area contributed by atoms with Gasteiger partial charge in [-0.25, -0.2) is 4.98 Å². The van der Waals surface area contributed by atoms with Crippen LogP contribution < -0.4 is 5.32 Å². The molecule has 0 bridgehead atoms. The highest BCUT2D eigenvalue weighted by atomic mass is 32.2. The van der Waals surface area contributed by atoms with E-state index in [1.165, 1.54) is 42.6 Å². The summed E-state index contributed by atoms with van der Waals surface area (Å²) in [4.78, 5) is 16.3. The predicted molar refractivity (Wildman–Crippen MR) is 79.6 cm³/mol. The molecule has 4 nitrogen and oxygen atoms in total. The summed E-state index contributed by atoms with van der Waals surface area (Å²) in [6.07, 6.45) is 5.74. The molecule has 1 amide bonds. The van der Waals surface area contributed by atoms with Gasteiger partial charge in [0.05, 0.1) is 5.75 Å². The molecule has 0 saturated heterocycles. The van der Waals surface area contributed by atoms with Crippen molar-refractivity contribution in [2.24, 2.45) is 5.92 Å². The summed E-state index contributed by atoms with van der Waals surface area (Å²) in [7, 11) is 0. The average molecular weight is 299 g/mol. The number of nitrogens with zero attached hydrogens (tertiary/aromatic N) is 2. The predicted octanol–water partition coefficient (Wildman–Crippen LogP) is 2.89. The number of carbonyl (C=O) groups is 1. The quantitative estimate of drug-likeness (QED) is 0.849. The number of aromatic nitrogens is 2. The van der Waals surface area contributed by atoms with Crippen molar-refractivity contribution in [2.75, 3.05) is 5.75 Å². The second-order valence-corrected chi connectivity index (χ2v) is 7.03. The van der Waals surface area contributed by atoms with Gasteiger partial charge >= 0.3 is 0 Å². The normalized spacial score (nSPS) is 23.3. The van der Waals surface area contributed by atoms with Crippen molar-refractivity contribution in [1.82, 2.24) is 14.7 Å². The van der Waals surface area contributed by atoms with Crippen LogP contribution in [0, 0.1) is 5.92 Å². The zero-order chi connectivity index (χ0) is 13.7. The first-order chi connectivity index (χ1) is 9.19. The highest BCUT2D eigenvalue weighted by Gasteiger charge is 2.22. The highest BCUT2D eigenvalue weighted by Crippen LogP contribution is 2.24. The standard InChI is InChI=1S/C13H21N3OS2/c1-3-11-15-13(19-16-11)18-8-12(17)14-10-7-5-4-6-9(10)2/h9-10H,3-8H2,1-2H3,(H,14,17)/t9-,10-/m0/s1. The van der Waals surface area contributed by atoms with E-state index in [9.17, 15) is 4.79 Å². The van der Waals surface area contributed by atoms with Crippen LogP contribution in [-0.4, -0.2) is 27.1 Å². The number of thioether (sulfide) groups is 1. The summed E-state index contributed by atoms with van der Waals surface area (Å²) in [5.74, 6) is 2.04. The van der Waals surface area contributed by atoms with Gasteiger partial charge in [0.1, 0.15) is 5.82 Å². The maximum absolute atomic E-state index is 11.9. The maximum Gasteiger partial charge on any atom is 0.230 e. The number of aryl methyl sites for hydroxylation is 1. The van der Waals surface area contributed by atoms with Gasteiger partial charge in [-0.05, 0) is 30.3 Å². The fraction of sp³-hybridized carbons (Fsp3) is 0.769. The SMILES string of the molecule is CCc1nsc(SCC(=O)N[C@H]2CCCC[C@@H]2C)n1. The van der Waals surface area contributed by atoms with Gasteiger partial charge in [0.15, 0.2) is 4.34 Å². The lowest BCUT2D eigenvalue weighted by Gasteiger charge is -2.29. The van der Waals surface area contributed by atoms with Gasteiger partial charge in [-0.15, -0.1) is 0 Å². The minimum Gasteiger partial charge on any atom is -0.352 e. The van der Waals surface area contributed by atoms with Crippen LogP contribution in [0.3, 0.4) is 0 Å². The lowest BCUT2D eigenvalue weighted by atomic mass is 9.86. The average Bonchev–Trinajstić information content (AvgIpc) is 2.87. The summed E-state index contributed by atoms with van der Waals surface area (Å²) in [6.45, 7) is 4.27. The Hall–Kier alpha value is -0.620. The topological polar surface area (TPSA) is 54.9 Å². The molecular formula is C13H21N3OS2. The molecule has 6 heteroatoms. The fourth-order valence-corrected chi connectivity index (χ4v) is 3.85. The van der Waals surface area contributed by atoms with Gasteiger partial charge in [-0.2, -0.15) is 4.37 Å². The van der Waals surface area contributed by atoms with Crippen molar-refractivity contribution in [1.29, 1.82) is 0 Å². The summed E-state index contributed by atoms with van der Waals surface area (Å²) in [5.41, 5.74) is 0. The van der Waals surface area contributed by atoms with E-state index < -0.39 is 0 Å². The Bertz CT molecular complexity index is 422. The highest BCUT2D eigenvalue weighted by molar-refractivity contribution is 8.01. The van der Waals surface area contributed by atoms with Gasteiger partial charge < -0.3 is 5.32 Å². The molecule has 19 heavy (non-hydrogen) atoms. The number of hydrogen-bond acceptors (Lipinski definition) is 5. The van der Waals surface area contributed by atoms with E-state index >= 15 is 0 Å². The second kappa shape index (κ2) is 7.24. The van der Waals surface area contributed by atoms with Gasteiger partial charge in [-0.3, -0.25) is 4.79 Å². The number of rotatable bonds is 5. The molecule has 1 N–H and O–H groups in total. The molecule has 1 saturated carbocycles. The Labute approximate surface area is 122 Å². The van der Waals surface area contributed by atoms with Gasteiger partial charge in [0.2, 0.25) is 5.91 Å². The molecule has 0 radical (unpaired) electrons. The Morgan fingerprint density at radius 1 is 1.47 bits per heavy atom. The van der Waals surface area contributed by atoms with E-state index in [0.717, 1.165) is 23.0 Å². The van der Waals surface area contributed by atoms with Gasteiger partial charge in [0.25, 0.3) is 0 Å². The summed E-state index contributed by atoms with van der Waals surface area (Å²) in [6, 6.07) is 0.363. The minimum atomic E-state index is 0.122. The van der Waals surface area contributed by atoms with Crippen LogP contribution in [0.2, 0.25) is 0 Å². The first kappa shape index (κ1) is 14.8. The molecule has 1 aromatic heterocycles. The van der Waals surface area contributed by atoms with Crippen LogP contribution in [0.5, 0.6) is 0 Å². The van der Waals surface area contributed by atoms with E-state index in [2.05, 4.69) is 21.6 Å². The monoisotopic (exact) mass is 299 g/mol. The van der Waals surface area contributed by atoms with Crippen LogP contribution >= 0.6 is 23.3 Å². The molecule has 0 unspecified atom stereocenters. The Morgan fingerprint density at radius 2 is 2.26 bits per heavy atom. The molecule has 1 aromatic rings. The number of amides is 1. The zero-order valence-corrected chi connectivity index (χ0v) is 13.1. The Balaban J connectivity index is 1.74. The van der Waals surface area contributed by atoms with Crippen LogP contribution in [0.15, 0.2) is 4.34 Å². The van der Waals surface area contributed by atoms with E-state index in [0.29, 0.717) is 17.7 Å². The number of carbonyl (C=O) groups excluding carboxylic acids is 1. The smallest absolute Gasteiger partial charge is 0.230 e. The van der Waals surface area contributed by atoms with Crippen LogP contribution in [-0.2, 0) is 11.2 Å². The first-order valence-corrected chi connectivity index (χ1v) is 8.69. The molecule has 0 spiro atoms. The summed E-state index contributed by atoms with van der Waals surface area (Å²) < 4.78 is 5.11. The molecule has 0 aromatic carbocycles. The van der Waals surface area contributed by atoms with Crippen molar-refractivity contribution >= 4 is 29.2 Å². The number of hydrogen-bond donors (Lipinski definition) is 1. The largest absolute Gasteiger partial charge is 0.352 e. The molecule has 1 aliphatic carbocycles. The van der Waals surface area contributed by atoms with Crippen molar-refractivity contribution in [3.63, 3.8) is 0 Å². The third-order valence-corrected chi connectivity index (χ3v) is 5.42. The lowest BCUT2D eigenvalue weighted by Crippen LogP contribution is -2.41. The molecular weight excluding hydrogens is 278 g/mol. The van der Waals surface area contributed by atoms with Crippen LogP contribution in [0.25, 0.3) is 0 Å². The first-order valence-electron chi connectivity index (χ1n) is 6.93. The van der Waals surface area contributed by atoms with Gasteiger partial charge in [0, 0.05) is 12.5 Å². The van der Waals surface area contributed by atoms with Crippen LogP contribution in [0.4, 0.5) is 0 Å². The lowest BCUT2D eigenvalue weighted by molar-refractivity contribution is -0.119. The molecule has 1 fully saturated rings. The third kappa shape index (κ3) is 4.45. The van der Waals surface area contributed by atoms with E-state index in [1.807, 2.05) is 6.92 Å². The third-order valence-electron chi connectivity index (χ3n) is 3.55. The zero-order valence-electron chi connectivity index (χ0n) is 11.5. The van der Waals surface area contributed by atoms with Crippen molar-refractivity contribution in [3.05, 3.63) is 5.82 Å². The van der Waals surface area contributed by atoms with Crippen molar-refractivity contribution in [3.8, 4) is 0 Å². The molecule has 1 aliphatic rings. The molecule has 2 rings (SSSR count). The van der Waals surface area contributed by atoms with Gasteiger partial charge in [-0.1, -0.05) is 38.5 Å². The minimum absolute atomic E-state index is 0.122. The summed E-state index contributed by atoms with van der Waals surface area (Å²) >= 11 is 2.87. The van der Waals surface area contributed by atoms with Crippen molar-refractivity contribution in [2.45, 2.75) is 56.3 Å². The second-order valence-electron chi connectivity index (χ2n) is 5.05. The Morgan fingerprint density at radius 3 is 2.95 bits per heavy atom. The van der Waals surface area contributed by atoms with Crippen LogP contribution in [0.1, 0.15) is 45.4 Å². The van der Waals surface area contributed by atoms with Crippen molar-refractivity contribution < 1.29 is 4.79 Å². The summed E-state index contributed by atoms with van der Waals surface area (Å²) in [5, 5.41) is 3.16. The number of nitrogens with one attached hydrogen (secondary N) is 1. The molecule has 2 atom stereocenters. The fourth-order valence-electron chi connectivity index (χ4n) is 2.35. The Kier molecular flexibility index (Phi) is 5.63.